The maximum absolute atomic E-state index is 13.1. The van der Waals surface area contributed by atoms with Crippen molar-refractivity contribution in [3.05, 3.63) is 83.9 Å². The van der Waals surface area contributed by atoms with Crippen molar-refractivity contribution in [3.8, 4) is 5.69 Å². The summed E-state index contributed by atoms with van der Waals surface area (Å²) in [5.74, 6) is -0.571. The lowest BCUT2D eigenvalue weighted by atomic mass is 9.94. The van der Waals surface area contributed by atoms with E-state index < -0.39 is 0 Å². The SMILES string of the molecule is O=C(c1ccc(F)cc1)N1CCC[C@H](c2cn(-c3ccc(F)cc3)cn2)C1. The van der Waals surface area contributed by atoms with Crippen molar-refractivity contribution < 1.29 is 13.6 Å². The number of carbonyl (C=O) groups is 1. The number of benzene rings is 2. The van der Waals surface area contributed by atoms with Gasteiger partial charge in [-0.05, 0) is 61.4 Å². The number of likely N-dealkylation sites (tertiary alicyclic amines) is 1. The monoisotopic (exact) mass is 367 g/mol. The van der Waals surface area contributed by atoms with Crippen molar-refractivity contribution in [2.75, 3.05) is 13.1 Å². The lowest BCUT2D eigenvalue weighted by molar-refractivity contribution is 0.0706. The van der Waals surface area contributed by atoms with Crippen LogP contribution in [0.5, 0.6) is 0 Å². The van der Waals surface area contributed by atoms with Crippen LogP contribution in [0.25, 0.3) is 5.69 Å². The normalized spacial score (nSPS) is 17.1. The van der Waals surface area contributed by atoms with Gasteiger partial charge in [-0.1, -0.05) is 0 Å². The van der Waals surface area contributed by atoms with E-state index in [0.717, 1.165) is 24.2 Å². The summed E-state index contributed by atoms with van der Waals surface area (Å²) in [7, 11) is 0. The van der Waals surface area contributed by atoms with E-state index in [2.05, 4.69) is 4.98 Å². The number of imidazole rings is 1. The van der Waals surface area contributed by atoms with E-state index in [4.69, 9.17) is 0 Å². The molecule has 1 aliphatic heterocycles. The smallest absolute Gasteiger partial charge is 0.253 e. The van der Waals surface area contributed by atoms with Crippen molar-refractivity contribution in [1.82, 2.24) is 14.5 Å². The predicted octanol–water partition coefficient (Wildman–Crippen LogP) is 4.17. The van der Waals surface area contributed by atoms with Gasteiger partial charge in [0.25, 0.3) is 5.91 Å². The Labute approximate surface area is 156 Å². The molecule has 1 saturated heterocycles. The second-order valence-corrected chi connectivity index (χ2v) is 6.78. The van der Waals surface area contributed by atoms with Crippen LogP contribution in [-0.4, -0.2) is 33.4 Å². The highest BCUT2D eigenvalue weighted by atomic mass is 19.1. The first-order valence-corrected chi connectivity index (χ1v) is 8.95. The molecule has 6 heteroatoms. The zero-order valence-electron chi connectivity index (χ0n) is 14.7. The number of carbonyl (C=O) groups excluding carboxylic acids is 1. The van der Waals surface area contributed by atoms with Crippen molar-refractivity contribution in [2.24, 2.45) is 0 Å². The van der Waals surface area contributed by atoms with Crippen LogP contribution in [0.3, 0.4) is 0 Å². The molecule has 4 nitrogen and oxygen atoms in total. The maximum atomic E-state index is 13.1. The maximum Gasteiger partial charge on any atom is 0.253 e. The summed E-state index contributed by atoms with van der Waals surface area (Å²) in [5, 5.41) is 0. The topological polar surface area (TPSA) is 38.1 Å². The van der Waals surface area contributed by atoms with Crippen LogP contribution in [0.15, 0.2) is 61.1 Å². The van der Waals surface area contributed by atoms with Gasteiger partial charge in [-0.3, -0.25) is 4.79 Å². The third-order valence-electron chi connectivity index (χ3n) is 4.95. The zero-order chi connectivity index (χ0) is 18.8. The minimum absolute atomic E-state index is 0.0855. The first kappa shape index (κ1) is 17.4. The van der Waals surface area contributed by atoms with Gasteiger partial charge < -0.3 is 9.47 Å². The van der Waals surface area contributed by atoms with Gasteiger partial charge in [0.05, 0.1) is 12.0 Å². The molecule has 2 heterocycles. The molecule has 1 aromatic heterocycles. The number of halogens is 2. The van der Waals surface area contributed by atoms with Crippen LogP contribution in [-0.2, 0) is 0 Å². The number of aromatic nitrogens is 2. The third-order valence-corrected chi connectivity index (χ3v) is 4.95. The molecule has 1 amide bonds. The van der Waals surface area contributed by atoms with Crippen LogP contribution in [0.1, 0.15) is 34.8 Å². The van der Waals surface area contributed by atoms with E-state index in [1.807, 2.05) is 10.8 Å². The molecule has 2 aromatic carbocycles. The first-order chi connectivity index (χ1) is 13.1. The minimum Gasteiger partial charge on any atom is -0.338 e. The molecule has 1 fully saturated rings. The largest absolute Gasteiger partial charge is 0.338 e. The fourth-order valence-electron chi connectivity index (χ4n) is 3.48. The Morgan fingerprint density at radius 3 is 2.37 bits per heavy atom. The van der Waals surface area contributed by atoms with Crippen LogP contribution >= 0.6 is 0 Å². The molecule has 4 rings (SSSR count). The van der Waals surface area contributed by atoms with Crippen molar-refractivity contribution in [2.45, 2.75) is 18.8 Å². The first-order valence-electron chi connectivity index (χ1n) is 8.95. The van der Waals surface area contributed by atoms with Gasteiger partial charge in [0.1, 0.15) is 11.6 Å². The fraction of sp³-hybridized carbons (Fsp3) is 0.238. The molecule has 138 valence electrons. The Bertz CT molecular complexity index is 935. The number of rotatable bonds is 3. The molecular weight excluding hydrogens is 348 g/mol. The van der Waals surface area contributed by atoms with E-state index in [1.165, 1.54) is 36.4 Å². The van der Waals surface area contributed by atoms with Gasteiger partial charge in [-0.2, -0.15) is 0 Å². The van der Waals surface area contributed by atoms with Gasteiger partial charge in [0.2, 0.25) is 0 Å². The zero-order valence-corrected chi connectivity index (χ0v) is 14.7. The van der Waals surface area contributed by atoms with E-state index in [0.29, 0.717) is 18.7 Å². The number of hydrogen-bond acceptors (Lipinski definition) is 2. The van der Waals surface area contributed by atoms with Crippen molar-refractivity contribution in [1.29, 1.82) is 0 Å². The van der Waals surface area contributed by atoms with E-state index in [-0.39, 0.29) is 23.5 Å². The number of piperidine rings is 1. The molecule has 27 heavy (non-hydrogen) atoms. The Morgan fingerprint density at radius 1 is 1.00 bits per heavy atom. The Hall–Kier alpha value is -3.02. The molecule has 0 unspecified atom stereocenters. The Kier molecular flexibility index (Phi) is 4.71. The summed E-state index contributed by atoms with van der Waals surface area (Å²) in [6.45, 7) is 1.27. The Balaban J connectivity index is 1.49. The standard InChI is InChI=1S/C21H19F2N3O/c22-17-5-3-15(4-6-17)21(27)25-11-1-2-16(12-25)20-13-26(14-24-20)19-9-7-18(23)8-10-19/h3-10,13-14,16H,1-2,11-12H2/t16-/m0/s1. The highest BCUT2D eigenvalue weighted by molar-refractivity contribution is 5.94. The van der Waals surface area contributed by atoms with Gasteiger partial charge in [0, 0.05) is 36.5 Å². The molecule has 0 radical (unpaired) electrons. The summed E-state index contributed by atoms with van der Waals surface area (Å²) in [5.41, 5.74) is 2.25. The molecule has 0 spiro atoms. The molecular formula is C21H19F2N3O. The molecule has 0 bridgehead atoms. The van der Waals surface area contributed by atoms with Crippen molar-refractivity contribution in [3.63, 3.8) is 0 Å². The highest BCUT2D eigenvalue weighted by Crippen LogP contribution is 2.27. The van der Waals surface area contributed by atoms with E-state index in [1.54, 1.807) is 23.4 Å². The number of nitrogens with zero attached hydrogens (tertiary/aromatic N) is 3. The molecule has 3 aromatic rings. The second kappa shape index (κ2) is 7.31. The number of hydrogen-bond donors (Lipinski definition) is 0. The van der Waals surface area contributed by atoms with Crippen LogP contribution in [0.2, 0.25) is 0 Å². The van der Waals surface area contributed by atoms with Gasteiger partial charge >= 0.3 is 0 Å². The quantitative estimate of drug-likeness (QED) is 0.697. The van der Waals surface area contributed by atoms with Crippen LogP contribution < -0.4 is 0 Å². The Morgan fingerprint density at radius 2 is 1.67 bits per heavy atom. The van der Waals surface area contributed by atoms with Gasteiger partial charge in [-0.15, -0.1) is 0 Å². The molecule has 0 aliphatic carbocycles. The average Bonchev–Trinajstić information content (AvgIpc) is 3.19. The summed E-state index contributed by atoms with van der Waals surface area (Å²) in [6, 6.07) is 11.9. The van der Waals surface area contributed by atoms with Crippen LogP contribution in [0.4, 0.5) is 8.78 Å². The molecule has 1 atom stereocenters. The van der Waals surface area contributed by atoms with Gasteiger partial charge in [-0.25, -0.2) is 13.8 Å². The summed E-state index contributed by atoms with van der Waals surface area (Å²) in [6.07, 6.45) is 5.49. The summed E-state index contributed by atoms with van der Waals surface area (Å²) in [4.78, 5) is 19.0. The van der Waals surface area contributed by atoms with Gasteiger partial charge in [0.15, 0.2) is 0 Å². The average molecular weight is 367 g/mol. The fourth-order valence-corrected chi connectivity index (χ4v) is 3.48. The highest BCUT2D eigenvalue weighted by Gasteiger charge is 2.27. The lowest BCUT2D eigenvalue weighted by Crippen LogP contribution is -2.39. The van der Waals surface area contributed by atoms with Crippen molar-refractivity contribution >= 4 is 5.91 Å². The molecule has 0 saturated carbocycles. The number of amides is 1. The predicted molar refractivity (Wildman–Crippen MR) is 97.8 cm³/mol. The second-order valence-electron chi connectivity index (χ2n) is 6.78. The van der Waals surface area contributed by atoms with Crippen LogP contribution in [0, 0.1) is 11.6 Å². The molecule has 1 aliphatic rings. The van der Waals surface area contributed by atoms with E-state index in [9.17, 15) is 13.6 Å². The molecule has 0 N–H and O–H groups in total. The minimum atomic E-state index is -0.352. The summed E-state index contributed by atoms with van der Waals surface area (Å²) >= 11 is 0. The summed E-state index contributed by atoms with van der Waals surface area (Å²) < 4.78 is 28.0. The third kappa shape index (κ3) is 3.74. The van der Waals surface area contributed by atoms with E-state index >= 15 is 0 Å². The lowest BCUT2D eigenvalue weighted by Gasteiger charge is -2.32.